The number of alkyl halides is 3. The van der Waals surface area contributed by atoms with Crippen LogP contribution >= 0.6 is 0 Å². The molecule has 0 aliphatic heterocycles. The Hall–Kier alpha value is -2.71. The standard InChI is InChI=1S/C13H8F4N4O/c1-7-6-8(2-3-9(7)14)22-11-5-4-10-18-19-12(13(15,16)17)21(10)20-11/h2-6H,1H3. The second kappa shape index (κ2) is 4.93. The molecule has 0 radical (unpaired) electrons. The Bertz CT molecular complexity index is 844. The smallest absolute Gasteiger partial charge is 0.438 e. The Morgan fingerprint density at radius 2 is 1.86 bits per heavy atom. The number of hydrogen-bond acceptors (Lipinski definition) is 4. The molecule has 22 heavy (non-hydrogen) atoms. The number of nitrogens with zero attached hydrogens (tertiary/aromatic N) is 4. The summed E-state index contributed by atoms with van der Waals surface area (Å²) in [5.41, 5.74) is 0.286. The third-order valence-electron chi connectivity index (χ3n) is 2.84. The number of halogens is 4. The first-order valence-corrected chi connectivity index (χ1v) is 6.08. The largest absolute Gasteiger partial charge is 0.453 e. The van der Waals surface area contributed by atoms with Gasteiger partial charge in [0.25, 0.3) is 5.82 Å². The Morgan fingerprint density at radius 3 is 2.55 bits per heavy atom. The summed E-state index contributed by atoms with van der Waals surface area (Å²) >= 11 is 0. The molecule has 0 aliphatic carbocycles. The molecule has 3 aromatic rings. The highest BCUT2D eigenvalue weighted by molar-refractivity contribution is 5.39. The zero-order chi connectivity index (χ0) is 15.9. The highest BCUT2D eigenvalue weighted by atomic mass is 19.4. The Morgan fingerprint density at radius 1 is 1.09 bits per heavy atom. The van der Waals surface area contributed by atoms with Crippen LogP contribution in [0.5, 0.6) is 11.6 Å². The number of hydrogen-bond donors (Lipinski definition) is 0. The van der Waals surface area contributed by atoms with Crippen LogP contribution in [0, 0.1) is 12.7 Å². The molecular weight excluding hydrogens is 304 g/mol. The van der Waals surface area contributed by atoms with E-state index in [1.165, 1.54) is 30.3 Å². The maximum Gasteiger partial charge on any atom is 0.453 e. The van der Waals surface area contributed by atoms with Gasteiger partial charge in [0.1, 0.15) is 11.6 Å². The molecule has 0 bridgehead atoms. The molecule has 0 atom stereocenters. The van der Waals surface area contributed by atoms with E-state index in [9.17, 15) is 17.6 Å². The van der Waals surface area contributed by atoms with Crippen molar-refractivity contribution in [3.05, 3.63) is 47.5 Å². The summed E-state index contributed by atoms with van der Waals surface area (Å²) in [4.78, 5) is 0. The van der Waals surface area contributed by atoms with Crippen molar-refractivity contribution in [3.8, 4) is 11.6 Å². The van der Waals surface area contributed by atoms with Crippen molar-refractivity contribution in [1.82, 2.24) is 19.8 Å². The average molecular weight is 312 g/mol. The van der Waals surface area contributed by atoms with Crippen LogP contribution in [0.15, 0.2) is 30.3 Å². The molecule has 0 fully saturated rings. The Balaban J connectivity index is 1.99. The topological polar surface area (TPSA) is 52.3 Å². The minimum Gasteiger partial charge on any atom is -0.438 e. The van der Waals surface area contributed by atoms with E-state index in [2.05, 4.69) is 15.3 Å². The van der Waals surface area contributed by atoms with Gasteiger partial charge in [-0.3, -0.25) is 0 Å². The normalized spacial score (nSPS) is 11.9. The second-order valence-corrected chi connectivity index (χ2v) is 4.48. The first-order valence-electron chi connectivity index (χ1n) is 6.08. The third kappa shape index (κ3) is 2.57. The Labute approximate surface area is 121 Å². The third-order valence-corrected chi connectivity index (χ3v) is 2.84. The molecule has 0 saturated heterocycles. The van der Waals surface area contributed by atoms with Gasteiger partial charge in [0.2, 0.25) is 5.88 Å². The molecule has 2 aromatic heterocycles. The van der Waals surface area contributed by atoms with Gasteiger partial charge in [0, 0.05) is 6.07 Å². The fraction of sp³-hybridized carbons (Fsp3) is 0.154. The summed E-state index contributed by atoms with van der Waals surface area (Å²) in [6.07, 6.45) is -4.68. The molecule has 114 valence electrons. The van der Waals surface area contributed by atoms with E-state index in [4.69, 9.17) is 4.74 Å². The summed E-state index contributed by atoms with van der Waals surface area (Å²) < 4.78 is 57.3. The van der Waals surface area contributed by atoms with Gasteiger partial charge in [-0.05, 0) is 36.8 Å². The van der Waals surface area contributed by atoms with E-state index in [1.54, 1.807) is 6.92 Å². The van der Waals surface area contributed by atoms with Gasteiger partial charge in [-0.2, -0.15) is 17.7 Å². The molecular formula is C13H8F4N4O. The summed E-state index contributed by atoms with van der Waals surface area (Å²) in [6.45, 7) is 1.54. The first-order chi connectivity index (χ1) is 10.3. The van der Waals surface area contributed by atoms with E-state index in [-0.39, 0.29) is 17.3 Å². The first kappa shape index (κ1) is 14.2. The molecule has 5 nitrogen and oxygen atoms in total. The molecule has 2 heterocycles. The number of rotatable bonds is 2. The van der Waals surface area contributed by atoms with E-state index >= 15 is 0 Å². The van der Waals surface area contributed by atoms with Crippen molar-refractivity contribution in [2.45, 2.75) is 13.1 Å². The molecule has 0 aliphatic rings. The van der Waals surface area contributed by atoms with Gasteiger partial charge in [0.05, 0.1) is 0 Å². The average Bonchev–Trinajstić information content (AvgIpc) is 2.86. The summed E-state index contributed by atoms with van der Waals surface area (Å²) in [7, 11) is 0. The fourth-order valence-electron chi connectivity index (χ4n) is 1.80. The molecule has 0 N–H and O–H groups in total. The van der Waals surface area contributed by atoms with E-state index in [1.807, 2.05) is 0 Å². The van der Waals surface area contributed by atoms with Crippen LogP contribution in [0.3, 0.4) is 0 Å². The molecule has 3 rings (SSSR count). The Kier molecular flexibility index (Phi) is 3.19. The highest BCUT2D eigenvalue weighted by Crippen LogP contribution is 2.28. The monoisotopic (exact) mass is 312 g/mol. The van der Waals surface area contributed by atoms with Crippen LogP contribution < -0.4 is 4.74 Å². The van der Waals surface area contributed by atoms with Crippen LogP contribution in [0.2, 0.25) is 0 Å². The molecule has 0 spiro atoms. The fourth-order valence-corrected chi connectivity index (χ4v) is 1.80. The lowest BCUT2D eigenvalue weighted by atomic mass is 10.2. The van der Waals surface area contributed by atoms with E-state index in [0.29, 0.717) is 10.1 Å². The lowest BCUT2D eigenvalue weighted by Gasteiger charge is -2.07. The number of aromatic nitrogens is 4. The predicted octanol–water partition coefficient (Wildman–Crippen LogP) is 3.38. The van der Waals surface area contributed by atoms with E-state index in [0.717, 1.165) is 0 Å². The lowest BCUT2D eigenvalue weighted by Crippen LogP contribution is -2.12. The quantitative estimate of drug-likeness (QED) is 0.681. The van der Waals surface area contributed by atoms with Crippen LogP contribution in [0.1, 0.15) is 11.4 Å². The van der Waals surface area contributed by atoms with E-state index < -0.39 is 17.8 Å². The van der Waals surface area contributed by atoms with Crippen LogP contribution in [-0.2, 0) is 6.18 Å². The van der Waals surface area contributed by atoms with Crippen LogP contribution in [-0.4, -0.2) is 19.8 Å². The SMILES string of the molecule is Cc1cc(Oc2ccc3nnc(C(F)(F)F)n3n2)ccc1F. The van der Waals surface area contributed by atoms with Gasteiger partial charge in [-0.25, -0.2) is 4.39 Å². The lowest BCUT2D eigenvalue weighted by molar-refractivity contribution is -0.146. The predicted molar refractivity (Wildman–Crippen MR) is 67.0 cm³/mol. The number of benzene rings is 1. The van der Waals surface area contributed by atoms with Crippen molar-refractivity contribution in [2.75, 3.05) is 0 Å². The van der Waals surface area contributed by atoms with Crippen molar-refractivity contribution >= 4 is 5.65 Å². The molecule has 0 amide bonds. The van der Waals surface area contributed by atoms with Crippen molar-refractivity contribution in [1.29, 1.82) is 0 Å². The molecule has 0 unspecified atom stereocenters. The number of ether oxygens (including phenoxy) is 1. The van der Waals surface area contributed by atoms with Gasteiger partial charge >= 0.3 is 6.18 Å². The van der Waals surface area contributed by atoms with Crippen LogP contribution in [0.4, 0.5) is 17.6 Å². The minimum atomic E-state index is -4.68. The highest BCUT2D eigenvalue weighted by Gasteiger charge is 2.37. The van der Waals surface area contributed by atoms with Gasteiger partial charge < -0.3 is 4.74 Å². The number of aryl methyl sites for hydroxylation is 1. The maximum atomic E-state index is 13.2. The maximum absolute atomic E-state index is 13.2. The molecule has 9 heteroatoms. The van der Waals surface area contributed by atoms with Crippen molar-refractivity contribution in [3.63, 3.8) is 0 Å². The zero-order valence-electron chi connectivity index (χ0n) is 11.1. The summed E-state index contributed by atoms with van der Waals surface area (Å²) in [5.74, 6) is -1.49. The van der Waals surface area contributed by atoms with Gasteiger partial charge in [-0.1, -0.05) is 0 Å². The van der Waals surface area contributed by atoms with Crippen molar-refractivity contribution in [2.24, 2.45) is 0 Å². The van der Waals surface area contributed by atoms with Gasteiger partial charge in [0.15, 0.2) is 5.65 Å². The molecule has 1 aromatic carbocycles. The summed E-state index contributed by atoms with van der Waals surface area (Å²) in [6, 6.07) is 6.61. The zero-order valence-corrected chi connectivity index (χ0v) is 11.1. The minimum absolute atomic E-state index is 0.0602. The van der Waals surface area contributed by atoms with Crippen molar-refractivity contribution < 1.29 is 22.3 Å². The summed E-state index contributed by atoms with van der Waals surface area (Å²) in [5, 5.41) is 10.1. The number of fused-ring (bicyclic) bond motifs is 1. The second-order valence-electron chi connectivity index (χ2n) is 4.48. The van der Waals surface area contributed by atoms with Gasteiger partial charge in [-0.15, -0.1) is 15.3 Å². The molecule has 0 saturated carbocycles. The van der Waals surface area contributed by atoms with Crippen LogP contribution in [0.25, 0.3) is 5.65 Å².